The van der Waals surface area contributed by atoms with Gasteiger partial charge in [-0.2, -0.15) is 5.10 Å². The number of aryl methyl sites for hydroxylation is 1. The first kappa shape index (κ1) is 25.6. The molecule has 1 aromatic heterocycles. The predicted octanol–water partition coefficient (Wildman–Crippen LogP) is 5.03. The fourth-order valence-electron chi connectivity index (χ4n) is 3.64. The second kappa shape index (κ2) is 12.4. The summed E-state index contributed by atoms with van der Waals surface area (Å²) in [6, 6.07) is 12.6. The Morgan fingerprint density at radius 1 is 1.21 bits per heavy atom. The van der Waals surface area contributed by atoms with Crippen molar-refractivity contribution in [3.05, 3.63) is 84.1 Å². The van der Waals surface area contributed by atoms with E-state index in [-0.39, 0.29) is 12.4 Å². The lowest BCUT2D eigenvalue weighted by Gasteiger charge is -2.25. The van der Waals surface area contributed by atoms with Crippen molar-refractivity contribution < 1.29 is 23.4 Å². The third-order valence-electron chi connectivity index (χ3n) is 5.18. The van der Waals surface area contributed by atoms with Crippen LogP contribution in [0.2, 0.25) is 0 Å². The van der Waals surface area contributed by atoms with Crippen LogP contribution in [0.15, 0.2) is 61.2 Å². The van der Waals surface area contributed by atoms with Crippen LogP contribution in [0.3, 0.4) is 0 Å². The van der Waals surface area contributed by atoms with Gasteiger partial charge in [-0.15, -0.1) is 6.58 Å². The third-order valence-corrected chi connectivity index (χ3v) is 5.18. The molecule has 8 heteroatoms. The van der Waals surface area contributed by atoms with E-state index in [9.17, 15) is 13.9 Å². The SMILES string of the molecule is C=CCOC[C@H](O)CN(CCC)Cc1c(C)nn(-c2ccccc2)c1Oc1ccc(F)cc1F. The van der Waals surface area contributed by atoms with E-state index in [2.05, 4.69) is 23.5 Å². The van der Waals surface area contributed by atoms with E-state index in [1.807, 2.05) is 37.3 Å². The molecule has 3 aromatic rings. The second-order valence-corrected chi connectivity index (χ2v) is 8.01. The van der Waals surface area contributed by atoms with E-state index in [0.29, 0.717) is 31.3 Å². The molecule has 0 unspecified atom stereocenters. The van der Waals surface area contributed by atoms with Gasteiger partial charge in [-0.1, -0.05) is 31.2 Å². The molecule has 0 aliphatic rings. The molecular formula is C26H31F2N3O3. The minimum atomic E-state index is -0.801. The molecule has 1 heterocycles. The molecular weight excluding hydrogens is 440 g/mol. The van der Waals surface area contributed by atoms with Crippen molar-refractivity contribution in [2.24, 2.45) is 0 Å². The highest BCUT2D eigenvalue weighted by molar-refractivity contribution is 5.43. The number of nitrogens with zero attached hydrogens (tertiary/aromatic N) is 3. The van der Waals surface area contributed by atoms with Crippen molar-refractivity contribution in [1.82, 2.24) is 14.7 Å². The molecule has 0 amide bonds. The van der Waals surface area contributed by atoms with E-state index in [1.54, 1.807) is 10.8 Å². The van der Waals surface area contributed by atoms with Crippen LogP contribution in [0.1, 0.15) is 24.6 Å². The minimum Gasteiger partial charge on any atom is -0.435 e. The van der Waals surface area contributed by atoms with Gasteiger partial charge in [0.15, 0.2) is 11.6 Å². The lowest BCUT2D eigenvalue weighted by Crippen LogP contribution is -2.35. The number of halogens is 2. The van der Waals surface area contributed by atoms with Crippen LogP contribution in [0.5, 0.6) is 11.6 Å². The van der Waals surface area contributed by atoms with Crippen molar-refractivity contribution in [2.75, 3.05) is 26.3 Å². The maximum absolute atomic E-state index is 14.5. The molecule has 0 fully saturated rings. The summed E-state index contributed by atoms with van der Waals surface area (Å²) < 4.78 is 40.9. The normalized spacial score (nSPS) is 12.2. The minimum absolute atomic E-state index is 0.0976. The number of hydrogen-bond acceptors (Lipinski definition) is 5. The zero-order chi connectivity index (χ0) is 24.5. The molecule has 0 bridgehead atoms. The zero-order valence-corrected chi connectivity index (χ0v) is 19.6. The van der Waals surface area contributed by atoms with E-state index in [4.69, 9.17) is 9.47 Å². The van der Waals surface area contributed by atoms with E-state index in [0.717, 1.165) is 36.3 Å². The Morgan fingerprint density at radius 2 is 1.97 bits per heavy atom. The molecule has 0 saturated carbocycles. The molecule has 0 aliphatic heterocycles. The van der Waals surface area contributed by atoms with Crippen molar-refractivity contribution in [2.45, 2.75) is 32.9 Å². The quantitative estimate of drug-likeness (QED) is 0.280. The molecule has 1 N–H and O–H groups in total. The van der Waals surface area contributed by atoms with Crippen LogP contribution in [0.25, 0.3) is 5.69 Å². The third kappa shape index (κ3) is 6.72. The highest BCUT2D eigenvalue weighted by Crippen LogP contribution is 2.33. The Balaban J connectivity index is 1.94. The highest BCUT2D eigenvalue weighted by atomic mass is 19.1. The van der Waals surface area contributed by atoms with Gasteiger partial charge in [-0.05, 0) is 44.2 Å². The van der Waals surface area contributed by atoms with Crippen LogP contribution in [0, 0.1) is 18.6 Å². The lowest BCUT2D eigenvalue weighted by molar-refractivity contribution is 0.0244. The number of ether oxygens (including phenoxy) is 2. The number of rotatable bonds is 13. The Labute approximate surface area is 199 Å². The van der Waals surface area contributed by atoms with Crippen molar-refractivity contribution in [3.8, 4) is 17.3 Å². The Bertz CT molecular complexity index is 1070. The van der Waals surface area contributed by atoms with Gasteiger partial charge >= 0.3 is 0 Å². The number of aliphatic hydroxyl groups is 1. The summed E-state index contributed by atoms with van der Waals surface area (Å²) in [5.74, 6) is -1.24. The fraction of sp³-hybridized carbons (Fsp3) is 0.346. The van der Waals surface area contributed by atoms with Crippen LogP contribution in [-0.2, 0) is 11.3 Å². The molecule has 1 atom stereocenters. The molecule has 3 rings (SSSR count). The maximum atomic E-state index is 14.5. The van der Waals surface area contributed by atoms with Gasteiger partial charge in [-0.25, -0.2) is 13.5 Å². The first-order valence-electron chi connectivity index (χ1n) is 11.3. The number of benzene rings is 2. The summed E-state index contributed by atoms with van der Waals surface area (Å²) in [6.07, 6.45) is 1.82. The number of hydrogen-bond donors (Lipinski definition) is 1. The molecule has 0 saturated heterocycles. The zero-order valence-electron chi connectivity index (χ0n) is 19.6. The molecule has 0 spiro atoms. The van der Waals surface area contributed by atoms with Gasteiger partial charge in [0.05, 0.1) is 36.3 Å². The summed E-state index contributed by atoms with van der Waals surface area (Å²) in [7, 11) is 0. The predicted molar refractivity (Wildman–Crippen MR) is 127 cm³/mol. The summed E-state index contributed by atoms with van der Waals surface area (Å²) >= 11 is 0. The van der Waals surface area contributed by atoms with Crippen LogP contribution >= 0.6 is 0 Å². The van der Waals surface area contributed by atoms with E-state index in [1.165, 1.54) is 6.07 Å². The molecule has 6 nitrogen and oxygen atoms in total. The average molecular weight is 472 g/mol. The topological polar surface area (TPSA) is 59.8 Å². The summed E-state index contributed by atoms with van der Waals surface area (Å²) in [4.78, 5) is 2.08. The molecule has 34 heavy (non-hydrogen) atoms. The molecule has 182 valence electrons. The maximum Gasteiger partial charge on any atom is 0.227 e. The number of para-hydroxylation sites is 1. The van der Waals surface area contributed by atoms with Crippen molar-refractivity contribution in [1.29, 1.82) is 0 Å². The van der Waals surface area contributed by atoms with E-state index >= 15 is 0 Å². The molecule has 0 aliphatic carbocycles. The van der Waals surface area contributed by atoms with Crippen LogP contribution < -0.4 is 4.74 Å². The first-order valence-corrected chi connectivity index (χ1v) is 11.3. The highest BCUT2D eigenvalue weighted by Gasteiger charge is 2.23. The Morgan fingerprint density at radius 3 is 2.65 bits per heavy atom. The van der Waals surface area contributed by atoms with Gasteiger partial charge < -0.3 is 14.6 Å². The summed E-state index contributed by atoms with van der Waals surface area (Å²) in [6.45, 7) is 9.60. The Kier molecular flexibility index (Phi) is 9.33. The Hall–Kier alpha value is -3.07. The van der Waals surface area contributed by atoms with Crippen LogP contribution in [-0.4, -0.2) is 52.2 Å². The summed E-state index contributed by atoms with van der Waals surface area (Å²) in [5, 5.41) is 15.1. The standard InChI is InChI=1S/C26H31F2N3O3/c1-4-13-30(16-22(32)18-33-14-5-2)17-23-19(3)29-31(21-9-7-6-8-10-21)26(23)34-25-12-11-20(27)15-24(25)28/h5-12,15,22,32H,2,4,13-14,16-18H2,1,3H3/t22-/m1/s1. The largest absolute Gasteiger partial charge is 0.435 e. The first-order chi connectivity index (χ1) is 16.4. The second-order valence-electron chi connectivity index (χ2n) is 8.01. The van der Waals surface area contributed by atoms with Crippen molar-refractivity contribution in [3.63, 3.8) is 0 Å². The average Bonchev–Trinajstić information content (AvgIpc) is 3.11. The smallest absolute Gasteiger partial charge is 0.227 e. The van der Waals surface area contributed by atoms with Gasteiger partial charge in [0.2, 0.25) is 5.88 Å². The lowest BCUT2D eigenvalue weighted by atomic mass is 10.2. The van der Waals surface area contributed by atoms with Crippen LogP contribution in [0.4, 0.5) is 8.78 Å². The van der Waals surface area contributed by atoms with E-state index < -0.39 is 17.7 Å². The molecule has 2 aromatic carbocycles. The van der Waals surface area contributed by atoms with Crippen molar-refractivity contribution >= 4 is 0 Å². The number of aliphatic hydroxyl groups excluding tert-OH is 1. The summed E-state index contributed by atoms with van der Waals surface area (Å²) in [5.41, 5.74) is 2.20. The van der Waals surface area contributed by atoms with Gasteiger partial charge in [0.1, 0.15) is 5.82 Å². The number of aromatic nitrogens is 2. The van der Waals surface area contributed by atoms with Gasteiger partial charge in [0, 0.05) is 19.2 Å². The van der Waals surface area contributed by atoms with Gasteiger partial charge in [-0.3, -0.25) is 4.90 Å². The van der Waals surface area contributed by atoms with Gasteiger partial charge in [0.25, 0.3) is 0 Å². The monoisotopic (exact) mass is 471 g/mol. The molecule has 0 radical (unpaired) electrons. The fourth-order valence-corrected chi connectivity index (χ4v) is 3.64.